The van der Waals surface area contributed by atoms with Gasteiger partial charge in [-0.05, 0) is 35.4 Å². The lowest BCUT2D eigenvalue weighted by atomic mass is 10.0. The van der Waals surface area contributed by atoms with Gasteiger partial charge < -0.3 is 14.7 Å². The fraction of sp³-hybridized carbons (Fsp3) is 0.419. The lowest BCUT2D eigenvalue weighted by Gasteiger charge is -2.22. The van der Waals surface area contributed by atoms with Gasteiger partial charge in [-0.1, -0.05) is 113 Å². The van der Waals surface area contributed by atoms with Crippen LogP contribution in [0, 0.1) is 0 Å². The fourth-order valence-electron chi connectivity index (χ4n) is 4.52. The van der Waals surface area contributed by atoms with Crippen LogP contribution in [0.1, 0.15) is 69.4 Å². The third kappa shape index (κ3) is 8.40. The van der Waals surface area contributed by atoms with E-state index in [0.29, 0.717) is 19.6 Å². The first kappa shape index (κ1) is 27.3. The molecule has 0 fully saturated rings. The third-order valence-corrected chi connectivity index (χ3v) is 6.57. The van der Waals surface area contributed by atoms with E-state index < -0.39 is 11.9 Å². The SMILES string of the molecule is CCCCCCCCCCOc1ccc(CN(CCc2ccccc2)C(=O)C(=O)O)c2ccccc12. The van der Waals surface area contributed by atoms with Crippen molar-refractivity contribution in [2.24, 2.45) is 0 Å². The summed E-state index contributed by atoms with van der Waals surface area (Å²) in [5, 5.41) is 11.4. The number of carboxylic acids is 1. The van der Waals surface area contributed by atoms with Gasteiger partial charge in [-0.2, -0.15) is 0 Å². The second-order valence-electron chi connectivity index (χ2n) is 9.36. The predicted octanol–water partition coefficient (Wildman–Crippen LogP) is 7.02. The van der Waals surface area contributed by atoms with Crippen molar-refractivity contribution in [3.8, 4) is 5.75 Å². The summed E-state index contributed by atoms with van der Waals surface area (Å²) < 4.78 is 6.14. The maximum atomic E-state index is 12.5. The Hall–Kier alpha value is -3.34. The quantitative estimate of drug-likeness (QED) is 0.184. The van der Waals surface area contributed by atoms with Crippen LogP contribution in [0.4, 0.5) is 0 Å². The summed E-state index contributed by atoms with van der Waals surface area (Å²) in [6.45, 7) is 3.49. The molecule has 5 nitrogen and oxygen atoms in total. The zero-order chi connectivity index (χ0) is 25.6. The molecule has 5 heteroatoms. The molecule has 0 aliphatic carbocycles. The number of benzene rings is 3. The van der Waals surface area contributed by atoms with Crippen molar-refractivity contribution in [2.45, 2.75) is 71.3 Å². The molecule has 1 N–H and O–H groups in total. The van der Waals surface area contributed by atoms with Crippen molar-refractivity contribution in [3.63, 3.8) is 0 Å². The van der Waals surface area contributed by atoms with Crippen LogP contribution < -0.4 is 4.74 Å². The van der Waals surface area contributed by atoms with Crippen molar-refractivity contribution in [3.05, 3.63) is 77.9 Å². The molecule has 0 aliphatic heterocycles. The summed E-state index contributed by atoms with van der Waals surface area (Å²) in [4.78, 5) is 25.4. The molecule has 0 aliphatic rings. The lowest BCUT2D eigenvalue weighted by molar-refractivity contribution is -0.156. The minimum atomic E-state index is -1.43. The van der Waals surface area contributed by atoms with Crippen molar-refractivity contribution in [1.29, 1.82) is 0 Å². The van der Waals surface area contributed by atoms with Crippen molar-refractivity contribution in [1.82, 2.24) is 4.90 Å². The molecule has 3 aromatic carbocycles. The number of rotatable bonds is 15. The second kappa shape index (κ2) is 14.9. The van der Waals surface area contributed by atoms with Crippen LogP contribution in [0.3, 0.4) is 0 Å². The molecule has 0 atom stereocenters. The Morgan fingerprint density at radius 1 is 0.778 bits per heavy atom. The van der Waals surface area contributed by atoms with Crippen LogP contribution in [-0.2, 0) is 22.6 Å². The summed E-state index contributed by atoms with van der Waals surface area (Å²) >= 11 is 0. The van der Waals surface area contributed by atoms with Crippen LogP contribution in [0.2, 0.25) is 0 Å². The van der Waals surface area contributed by atoms with Crippen molar-refractivity contribution in [2.75, 3.05) is 13.2 Å². The summed E-state index contributed by atoms with van der Waals surface area (Å²) in [6.07, 6.45) is 10.6. The van der Waals surface area contributed by atoms with Crippen LogP contribution in [0.15, 0.2) is 66.7 Å². The van der Waals surface area contributed by atoms with Gasteiger partial charge in [-0.15, -0.1) is 0 Å². The van der Waals surface area contributed by atoms with Gasteiger partial charge in [0.25, 0.3) is 0 Å². The summed E-state index contributed by atoms with van der Waals surface area (Å²) in [6, 6.07) is 21.7. The zero-order valence-corrected chi connectivity index (χ0v) is 21.5. The lowest BCUT2D eigenvalue weighted by Crippen LogP contribution is -2.37. The highest BCUT2D eigenvalue weighted by Gasteiger charge is 2.22. The van der Waals surface area contributed by atoms with E-state index in [0.717, 1.165) is 34.1 Å². The molecule has 0 radical (unpaired) electrons. The highest BCUT2D eigenvalue weighted by atomic mass is 16.5. The Morgan fingerprint density at radius 2 is 1.42 bits per heavy atom. The van der Waals surface area contributed by atoms with E-state index in [-0.39, 0.29) is 6.54 Å². The van der Waals surface area contributed by atoms with E-state index in [9.17, 15) is 14.7 Å². The third-order valence-electron chi connectivity index (χ3n) is 6.57. The van der Waals surface area contributed by atoms with Crippen LogP contribution in [0.25, 0.3) is 10.8 Å². The highest BCUT2D eigenvalue weighted by Crippen LogP contribution is 2.30. The molecule has 0 heterocycles. The van der Waals surface area contributed by atoms with Crippen molar-refractivity contribution < 1.29 is 19.4 Å². The molecule has 36 heavy (non-hydrogen) atoms. The number of carbonyl (C=O) groups is 2. The molecule has 0 unspecified atom stereocenters. The number of unbranched alkanes of at least 4 members (excludes halogenated alkanes) is 7. The van der Waals surface area contributed by atoms with E-state index in [1.54, 1.807) is 0 Å². The molecule has 1 amide bonds. The summed E-state index contributed by atoms with van der Waals surface area (Å²) in [5.74, 6) is -1.49. The number of carboxylic acid groups (broad SMARTS) is 1. The summed E-state index contributed by atoms with van der Waals surface area (Å²) in [7, 11) is 0. The molecular formula is C31H39NO4. The predicted molar refractivity (Wildman–Crippen MR) is 145 cm³/mol. The number of carbonyl (C=O) groups excluding carboxylic acids is 1. The Kier molecular flexibility index (Phi) is 11.3. The zero-order valence-electron chi connectivity index (χ0n) is 21.5. The maximum Gasteiger partial charge on any atom is 0.394 e. The number of ether oxygens (including phenoxy) is 1. The molecule has 0 bridgehead atoms. The molecule has 3 aromatic rings. The normalized spacial score (nSPS) is 10.9. The molecular weight excluding hydrogens is 450 g/mol. The van der Waals surface area contributed by atoms with E-state index in [4.69, 9.17) is 4.74 Å². The van der Waals surface area contributed by atoms with Gasteiger partial charge in [0.15, 0.2) is 0 Å². The van der Waals surface area contributed by atoms with Crippen LogP contribution >= 0.6 is 0 Å². The number of fused-ring (bicyclic) bond motifs is 1. The fourth-order valence-corrected chi connectivity index (χ4v) is 4.52. The Balaban J connectivity index is 1.63. The van der Waals surface area contributed by atoms with Crippen LogP contribution in [0.5, 0.6) is 5.75 Å². The second-order valence-corrected chi connectivity index (χ2v) is 9.36. The standard InChI is InChI=1S/C31H39NO4/c1-2-3-4-5-6-7-8-14-23-36-29-20-19-26(27-17-12-13-18-28(27)29)24-32(30(33)31(34)35)22-21-25-15-10-9-11-16-25/h9-13,15-20H,2-8,14,21-24H2,1H3,(H,34,35). The number of hydrogen-bond donors (Lipinski definition) is 1. The first-order chi connectivity index (χ1) is 17.6. The van der Waals surface area contributed by atoms with Gasteiger partial charge in [0.05, 0.1) is 6.61 Å². The first-order valence-corrected chi connectivity index (χ1v) is 13.3. The minimum absolute atomic E-state index is 0.233. The van der Waals surface area contributed by atoms with Gasteiger partial charge >= 0.3 is 11.9 Å². The number of aliphatic carboxylic acids is 1. The molecule has 192 valence electrons. The van der Waals surface area contributed by atoms with E-state index in [1.807, 2.05) is 66.7 Å². The Labute approximate surface area is 215 Å². The van der Waals surface area contributed by atoms with Crippen molar-refractivity contribution >= 4 is 22.6 Å². The maximum absolute atomic E-state index is 12.5. The molecule has 0 saturated heterocycles. The van der Waals surface area contributed by atoms with E-state index in [1.165, 1.54) is 49.8 Å². The smallest absolute Gasteiger partial charge is 0.394 e. The largest absolute Gasteiger partial charge is 0.493 e. The van der Waals surface area contributed by atoms with Gasteiger partial charge in [0.2, 0.25) is 0 Å². The van der Waals surface area contributed by atoms with Gasteiger partial charge in [-0.25, -0.2) is 4.79 Å². The molecule has 3 rings (SSSR count). The van der Waals surface area contributed by atoms with E-state index >= 15 is 0 Å². The van der Waals surface area contributed by atoms with E-state index in [2.05, 4.69) is 6.92 Å². The average Bonchev–Trinajstić information content (AvgIpc) is 2.91. The van der Waals surface area contributed by atoms with Gasteiger partial charge in [0.1, 0.15) is 5.75 Å². The number of hydrogen-bond acceptors (Lipinski definition) is 3. The Morgan fingerprint density at radius 3 is 2.11 bits per heavy atom. The Bertz CT molecular complexity index is 1100. The molecule has 0 spiro atoms. The minimum Gasteiger partial charge on any atom is -0.493 e. The topological polar surface area (TPSA) is 66.8 Å². The summed E-state index contributed by atoms with van der Waals surface area (Å²) in [5.41, 5.74) is 1.97. The first-order valence-electron chi connectivity index (χ1n) is 13.3. The average molecular weight is 490 g/mol. The number of nitrogens with zero attached hydrogens (tertiary/aromatic N) is 1. The van der Waals surface area contributed by atoms with Crippen LogP contribution in [-0.4, -0.2) is 35.0 Å². The van der Waals surface area contributed by atoms with Gasteiger partial charge in [0, 0.05) is 18.5 Å². The molecule has 0 saturated carbocycles. The highest BCUT2D eigenvalue weighted by molar-refractivity contribution is 6.31. The molecule has 0 aromatic heterocycles. The van der Waals surface area contributed by atoms with Gasteiger partial charge in [-0.3, -0.25) is 4.79 Å². The number of amides is 1. The monoisotopic (exact) mass is 489 g/mol.